The number of aliphatic carboxylic acids is 1. The van der Waals surface area contributed by atoms with Gasteiger partial charge in [0.25, 0.3) is 0 Å². The minimum atomic E-state index is -1.65. The van der Waals surface area contributed by atoms with Crippen LogP contribution in [0, 0.1) is 0 Å². The van der Waals surface area contributed by atoms with Crippen molar-refractivity contribution in [3.05, 3.63) is 29.3 Å². The largest absolute Gasteiger partial charge is 0.497 e. The average molecular weight is 273 g/mol. The standard InChI is InChI=1S/C12H13ClO5/c1-18-10-4-7(3-9(14)6-13)2-8(5-10)11(15)12(16)17/h2,4-5,11,15H,3,6H2,1H3,(H,16,17). The van der Waals surface area contributed by atoms with E-state index in [4.69, 9.17) is 21.4 Å². The summed E-state index contributed by atoms with van der Waals surface area (Å²) in [5.41, 5.74) is 0.717. The second kappa shape index (κ2) is 6.37. The van der Waals surface area contributed by atoms with E-state index in [-0.39, 0.29) is 23.6 Å². The van der Waals surface area contributed by atoms with Gasteiger partial charge >= 0.3 is 5.97 Å². The van der Waals surface area contributed by atoms with E-state index < -0.39 is 12.1 Å². The van der Waals surface area contributed by atoms with Crippen molar-refractivity contribution in [3.63, 3.8) is 0 Å². The van der Waals surface area contributed by atoms with Crippen LogP contribution in [0.15, 0.2) is 18.2 Å². The first-order valence-corrected chi connectivity index (χ1v) is 5.67. The number of aliphatic hydroxyl groups excluding tert-OH is 1. The Morgan fingerprint density at radius 3 is 2.56 bits per heavy atom. The number of hydrogen-bond acceptors (Lipinski definition) is 4. The molecule has 0 heterocycles. The van der Waals surface area contributed by atoms with Gasteiger partial charge in [-0.25, -0.2) is 4.79 Å². The number of benzene rings is 1. The van der Waals surface area contributed by atoms with Gasteiger partial charge in [0.05, 0.1) is 13.0 Å². The highest BCUT2D eigenvalue weighted by molar-refractivity contribution is 6.27. The zero-order valence-electron chi connectivity index (χ0n) is 9.72. The molecule has 0 bridgehead atoms. The molecule has 0 aliphatic rings. The third-order valence-corrected chi connectivity index (χ3v) is 2.62. The fourth-order valence-electron chi connectivity index (χ4n) is 1.48. The number of carbonyl (C=O) groups excluding carboxylic acids is 1. The van der Waals surface area contributed by atoms with E-state index >= 15 is 0 Å². The summed E-state index contributed by atoms with van der Waals surface area (Å²) in [4.78, 5) is 22.0. The van der Waals surface area contributed by atoms with Crippen molar-refractivity contribution in [2.75, 3.05) is 13.0 Å². The molecule has 0 aliphatic heterocycles. The normalized spacial score (nSPS) is 11.9. The van der Waals surface area contributed by atoms with E-state index in [9.17, 15) is 14.7 Å². The molecule has 1 unspecified atom stereocenters. The van der Waals surface area contributed by atoms with Crippen LogP contribution in [0.2, 0.25) is 0 Å². The number of ketones is 1. The van der Waals surface area contributed by atoms with Gasteiger partial charge in [0.1, 0.15) is 5.75 Å². The number of carboxylic acids is 1. The van der Waals surface area contributed by atoms with Crippen molar-refractivity contribution < 1.29 is 24.5 Å². The first kappa shape index (κ1) is 14.5. The lowest BCUT2D eigenvalue weighted by molar-refractivity contribution is -0.146. The Balaban J connectivity index is 3.08. The molecule has 0 aromatic heterocycles. The van der Waals surface area contributed by atoms with Crippen LogP contribution in [-0.4, -0.2) is 35.0 Å². The molecule has 98 valence electrons. The Labute approximate surface area is 109 Å². The Morgan fingerprint density at radius 2 is 2.06 bits per heavy atom. The van der Waals surface area contributed by atoms with E-state index in [0.29, 0.717) is 11.3 Å². The van der Waals surface area contributed by atoms with Crippen molar-refractivity contribution in [2.24, 2.45) is 0 Å². The Kier molecular flexibility index (Phi) is 5.12. The number of halogens is 1. The van der Waals surface area contributed by atoms with Gasteiger partial charge in [0, 0.05) is 6.42 Å². The molecule has 5 nitrogen and oxygen atoms in total. The number of ether oxygens (including phenoxy) is 1. The lowest BCUT2D eigenvalue weighted by Crippen LogP contribution is -2.12. The third-order valence-electron chi connectivity index (χ3n) is 2.32. The van der Waals surface area contributed by atoms with Crippen molar-refractivity contribution in [1.82, 2.24) is 0 Å². The summed E-state index contributed by atoms with van der Waals surface area (Å²) < 4.78 is 4.99. The molecule has 0 fully saturated rings. The first-order chi connectivity index (χ1) is 8.47. The fourth-order valence-corrected chi connectivity index (χ4v) is 1.58. The van der Waals surface area contributed by atoms with Crippen LogP contribution in [0.3, 0.4) is 0 Å². The summed E-state index contributed by atoms with van der Waals surface area (Å²) >= 11 is 5.40. The molecular formula is C12H13ClO5. The number of carboxylic acid groups (broad SMARTS) is 1. The second-order valence-corrected chi connectivity index (χ2v) is 3.97. The first-order valence-electron chi connectivity index (χ1n) is 5.14. The zero-order valence-corrected chi connectivity index (χ0v) is 10.5. The molecule has 0 saturated carbocycles. The van der Waals surface area contributed by atoms with Crippen LogP contribution in [0.25, 0.3) is 0 Å². The van der Waals surface area contributed by atoms with Gasteiger partial charge in [-0.1, -0.05) is 6.07 Å². The van der Waals surface area contributed by atoms with Gasteiger partial charge < -0.3 is 14.9 Å². The highest BCUT2D eigenvalue weighted by Crippen LogP contribution is 2.23. The molecule has 1 aromatic rings. The van der Waals surface area contributed by atoms with E-state index in [0.717, 1.165) is 0 Å². The molecule has 1 atom stereocenters. The summed E-state index contributed by atoms with van der Waals surface area (Å²) in [6, 6.07) is 4.46. The Hall–Kier alpha value is -1.59. The molecule has 1 aromatic carbocycles. The maximum atomic E-state index is 11.2. The molecule has 18 heavy (non-hydrogen) atoms. The Bertz CT molecular complexity index is 458. The predicted molar refractivity (Wildman–Crippen MR) is 65.0 cm³/mol. The van der Waals surface area contributed by atoms with Crippen LogP contribution < -0.4 is 4.74 Å². The highest BCUT2D eigenvalue weighted by Gasteiger charge is 2.18. The minimum absolute atomic E-state index is 0.0695. The monoisotopic (exact) mass is 272 g/mol. The van der Waals surface area contributed by atoms with Gasteiger partial charge in [-0.3, -0.25) is 4.79 Å². The van der Waals surface area contributed by atoms with Gasteiger partial charge in [-0.05, 0) is 23.3 Å². The van der Waals surface area contributed by atoms with Crippen LogP contribution in [-0.2, 0) is 16.0 Å². The van der Waals surface area contributed by atoms with Gasteiger partial charge in [0.15, 0.2) is 11.9 Å². The van der Waals surface area contributed by atoms with Crippen LogP contribution >= 0.6 is 11.6 Å². The molecule has 0 saturated heterocycles. The molecule has 0 spiro atoms. The molecule has 0 amide bonds. The van der Waals surface area contributed by atoms with E-state index in [1.165, 1.54) is 19.2 Å². The van der Waals surface area contributed by atoms with Crippen LogP contribution in [0.4, 0.5) is 0 Å². The zero-order chi connectivity index (χ0) is 13.7. The van der Waals surface area contributed by atoms with Crippen LogP contribution in [0.1, 0.15) is 17.2 Å². The van der Waals surface area contributed by atoms with Crippen molar-refractivity contribution in [1.29, 1.82) is 0 Å². The molecule has 2 N–H and O–H groups in total. The number of hydrogen-bond donors (Lipinski definition) is 2. The van der Waals surface area contributed by atoms with Crippen molar-refractivity contribution in [3.8, 4) is 5.75 Å². The maximum absolute atomic E-state index is 11.2. The Morgan fingerprint density at radius 1 is 1.39 bits per heavy atom. The van der Waals surface area contributed by atoms with Gasteiger partial charge in [-0.15, -0.1) is 11.6 Å². The van der Waals surface area contributed by atoms with E-state index in [2.05, 4.69) is 0 Å². The molecule has 0 aliphatic carbocycles. The quantitative estimate of drug-likeness (QED) is 0.759. The number of Topliss-reactive ketones (excluding diaryl/α,β-unsaturated/α-hetero) is 1. The van der Waals surface area contributed by atoms with Crippen molar-refractivity contribution in [2.45, 2.75) is 12.5 Å². The molecule has 6 heteroatoms. The summed E-state index contributed by atoms with van der Waals surface area (Å²) in [5, 5.41) is 18.2. The number of rotatable bonds is 6. The number of aliphatic hydroxyl groups is 1. The summed E-state index contributed by atoms with van der Waals surface area (Å²) in [6.07, 6.45) is -1.58. The lowest BCUT2D eigenvalue weighted by atomic mass is 10.0. The number of alkyl halides is 1. The van der Waals surface area contributed by atoms with E-state index in [1.54, 1.807) is 6.07 Å². The van der Waals surface area contributed by atoms with E-state index in [1.807, 2.05) is 0 Å². The number of methoxy groups -OCH3 is 1. The highest BCUT2D eigenvalue weighted by atomic mass is 35.5. The summed E-state index contributed by atoms with van der Waals surface area (Å²) in [6.45, 7) is 0. The molecule has 0 radical (unpaired) electrons. The minimum Gasteiger partial charge on any atom is -0.497 e. The van der Waals surface area contributed by atoms with Gasteiger partial charge in [0.2, 0.25) is 0 Å². The topological polar surface area (TPSA) is 83.8 Å². The number of carbonyl (C=O) groups is 2. The summed E-state index contributed by atoms with van der Waals surface area (Å²) in [7, 11) is 1.42. The average Bonchev–Trinajstić information content (AvgIpc) is 2.36. The predicted octanol–water partition coefficient (Wildman–Crippen LogP) is 1.16. The van der Waals surface area contributed by atoms with Gasteiger partial charge in [-0.2, -0.15) is 0 Å². The van der Waals surface area contributed by atoms with Crippen LogP contribution in [0.5, 0.6) is 5.75 Å². The molecule has 1 rings (SSSR count). The lowest BCUT2D eigenvalue weighted by Gasteiger charge is -2.10. The van der Waals surface area contributed by atoms with Crippen molar-refractivity contribution >= 4 is 23.4 Å². The fraction of sp³-hybridized carbons (Fsp3) is 0.333. The summed E-state index contributed by atoms with van der Waals surface area (Å²) in [5.74, 6) is -1.29. The third kappa shape index (κ3) is 3.72. The SMILES string of the molecule is COc1cc(CC(=O)CCl)cc(C(O)C(=O)O)c1. The maximum Gasteiger partial charge on any atom is 0.337 e. The smallest absolute Gasteiger partial charge is 0.337 e. The second-order valence-electron chi connectivity index (χ2n) is 3.70. The molecular weight excluding hydrogens is 260 g/mol.